The maximum absolute atomic E-state index is 6.24. The van der Waals surface area contributed by atoms with Crippen molar-refractivity contribution in [1.82, 2.24) is 4.67 Å². The average Bonchev–Trinajstić information content (AvgIpc) is 2.60. The number of benzene rings is 1. The van der Waals surface area contributed by atoms with Crippen LogP contribution in [0.3, 0.4) is 0 Å². The molecule has 0 atom stereocenters. The first-order chi connectivity index (χ1) is 13.0. The smallest absolute Gasteiger partial charge is 0.259 e. The molecule has 1 aliphatic heterocycles. The topological polar surface area (TPSA) is 30.9 Å². The van der Waals surface area contributed by atoms with E-state index in [4.69, 9.17) is 13.5 Å². The van der Waals surface area contributed by atoms with Gasteiger partial charge in [-0.05, 0) is 23.7 Å². The van der Waals surface area contributed by atoms with Crippen LogP contribution in [0.4, 0.5) is 0 Å². The molecule has 1 aromatic carbocycles. The summed E-state index contributed by atoms with van der Waals surface area (Å²) >= 11 is 0. The van der Waals surface area contributed by atoms with E-state index in [1.807, 2.05) is 6.07 Å². The van der Waals surface area contributed by atoms with Crippen LogP contribution in [0.5, 0.6) is 0 Å². The van der Waals surface area contributed by atoms with Crippen LogP contribution < -0.4 is 0 Å². The fraction of sp³-hybridized carbons (Fsp3) is 0.636. The molecule has 0 unspecified atom stereocenters. The van der Waals surface area contributed by atoms with E-state index >= 15 is 0 Å². The monoisotopic (exact) mass is 423 g/mol. The van der Waals surface area contributed by atoms with Crippen LogP contribution in [0, 0.1) is 5.41 Å². The molecular weight excluding hydrogens is 385 g/mol. The molecule has 0 aliphatic carbocycles. The molecule has 1 aliphatic rings. The van der Waals surface area contributed by atoms with E-state index in [0.717, 1.165) is 26.3 Å². The summed E-state index contributed by atoms with van der Waals surface area (Å²) in [4.78, 5) is 0. The molecule has 0 bridgehead atoms. The Hall–Kier alpha value is -0.553. The molecule has 1 fully saturated rings. The zero-order valence-corrected chi connectivity index (χ0v) is 20.6. The summed E-state index contributed by atoms with van der Waals surface area (Å²) in [5.41, 5.74) is 1.36. The van der Waals surface area contributed by atoms with Crippen LogP contribution >= 0.6 is 8.53 Å². The largest absolute Gasteiger partial charge is 0.413 e. The van der Waals surface area contributed by atoms with Crippen molar-refractivity contribution in [2.75, 3.05) is 26.4 Å². The van der Waals surface area contributed by atoms with Gasteiger partial charge in [-0.25, -0.2) is 4.67 Å². The third-order valence-electron chi connectivity index (χ3n) is 5.40. The Morgan fingerprint density at radius 2 is 1.71 bits per heavy atom. The Bertz CT molecular complexity index is 618. The van der Waals surface area contributed by atoms with E-state index in [1.165, 1.54) is 5.56 Å². The van der Waals surface area contributed by atoms with Gasteiger partial charge in [-0.1, -0.05) is 77.1 Å². The summed E-state index contributed by atoms with van der Waals surface area (Å²) in [7, 11) is -2.73. The van der Waals surface area contributed by atoms with E-state index in [-0.39, 0.29) is 10.5 Å². The molecule has 4 nitrogen and oxygen atoms in total. The second-order valence-electron chi connectivity index (χ2n) is 9.82. The van der Waals surface area contributed by atoms with E-state index < -0.39 is 16.8 Å². The quantitative estimate of drug-likeness (QED) is 0.276. The summed E-state index contributed by atoms with van der Waals surface area (Å²) < 4.78 is 20.7. The third-order valence-corrected chi connectivity index (χ3v) is 11.4. The molecule has 1 heterocycles. The molecule has 0 aromatic heterocycles. The minimum Gasteiger partial charge on any atom is -0.413 e. The maximum Gasteiger partial charge on any atom is 0.259 e. The molecule has 0 amide bonds. The zero-order valence-electron chi connectivity index (χ0n) is 18.7. The molecule has 28 heavy (non-hydrogen) atoms. The Morgan fingerprint density at radius 3 is 2.29 bits per heavy atom. The van der Waals surface area contributed by atoms with Gasteiger partial charge in [0.25, 0.3) is 8.53 Å². The number of hydrogen-bond acceptors (Lipinski definition) is 4. The standard InChI is InChI=1S/C22H38NO3PSi/c1-21(2,3)28(6,7)26-16-12-11-15-23(17-20-13-9-8-10-14-20)27-24-18-22(4,5)19-25-27/h8-14H,15-19H2,1-7H3/b12-11+. The molecule has 6 heteroatoms. The average molecular weight is 424 g/mol. The highest BCUT2D eigenvalue weighted by molar-refractivity contribution is 7.44. The Kier molecular flexibility index (Phi) is 8.45. The normalized spacial score (nSPS) is 18.9. The fourth-order valence-corrected chi connectivity index (χ4v) is 5.20. The summed E-state index contributed by atoms with van der Waals surface area (Å²) in [6, 6.07) is 10.5. The van der Waals surface area contributed by atoms with Crippen molar-refractivity contribution in [3.63, 3.8) is 0 Å². The first kappa shape index (κ1) is 23.7. The predicted octanol–water partition coefficient (Wildman–Crippen LogP) is 6.37. The Balaban J connectivity index is 1.94. The summed E-state index contributed by atoms with van der Waals surface area (Å²) in [6.07, 6.45) is 4.33. The van der Waals surface area contributed by atoms with Gasteiger partial charge in [-0.2, -0.15) is 0 Å². The molecule has 0 N–H and O–H groups in total. The second kappa shape index (κ2) is 9.97. The lowest BCUT2D eigenvalue weighted by atomic mass is 9.97. The third kappa shape index (κ3) is 7.36. The zero-order chi connectivity index (χ0) is 20.8. The van der Waals surface area contributed by atoms with Gasteiger partial charge in [0, 0.05) is 18.5 Å². The lowest BCUT2D eigenvalue weighted by Crippen LogP contribution is -2.40. The number of rotatable bonds is 8. The van der Waals surface area contributed by atoms with Crippen LogP contribution in [0.2, 0.25) is 18.1 Å². The Labute approximate surface area is 174 Å². The molecule has 1 saturated heterocycles. The fourth-order valence-electron chi connectivity index (χ4n) is 2.42. The van der Waals surface area contributed by atoms with Gasteiger partial charge in [-0.15, -0.1) is 0 Å². The molecule has 1 aromatic rings. The van der Waals surface area contributed by atoms with Crippen molar-refractivity contribution >= 4 is 16.8 Å². The van der Waals surface area contributed by atoms with Crippen molar-refractivity contribution < 1.29 is 13.5 Å². The number of nitrogens with zero attached hydrogens (tertiary/aromatic N) is 1. The van der Waals surface area contributed by atoms with Gasteiger partial charge >= 0.3 is 0 Å². The van der Waals surface area contributed by atoms with Crippen LogP contribution in [0.15, 0.2) is 42.5 Å². The Morgan fingerprint density at radius 1 is 1.11 bits per heavy atom. The SMILES string of the molecule is CC1(C)COP(N(C/C=C/CO[Si](C)(C)C(C)(C)C)Cc2ccccc2)OC1. The van der Waals surface area contributed by atoms with Crippen LogP contribution in [-0.4, -0.2) is 39.4 Å². The van der Waals surface area contributed by atoms with Gasteiger partial charge in [-0.3, -0.25) is 0 Å². The van der Waals surface area contributed by atoms with Gasteiger partial charge in [0.1, 0.15) is 0 Å². The van der Waals surface area contributed by atoms with Crippen molar-refractivity contribution in [1.29, 1.82) is 0 Å². The first-order valence-corrected chi connectivity index (χ1v) is 14.2. The van der Waals surface area contributed by atoms with Crippen LogP contribution in [0.1, 0.15) is 40.2 Å². The summed E-state index contributed by atoms with van der Waals surface area (Å²) in [5.74, 6) is 0. The van der Waals surface area contributed by atoms with Gasteiger partial charge in [0.2, 0.25) is 0 Å². The summed E-state index contributed by atoms with van der Waals surface area (Å²) in [6.45, 7) is 19.5. The van der Waals surface area contributed by atoms with E-state index in [9.17, 15) is 0 Å². The van der Waals surface area contributed by atoms with Gasteiger partial charge < -0.3 is 13.5 Å². The minimum absolute atomic E-state index is 0.0874. The lowest BCUT2D eigenvalue weighted by molar-refractivity contribution is 0.0450. The molecule has 2 rings (SSSR count). The van der Waals surface area contributed by atoms with Crippen LogP contribution in [-0.2, 0) is 20.0 Å². The van der Waals surface area contributed by atoms with Crippen LogP contribution in [0.25, 0.3) is 0 Å². The second-order valence-corrected chi connectivity index (χ2v) is 16.2. The molecule has 0 radical (unpaired) electrons. The highest BCUT2D eigenvalue weighted by atomic mass is 31.2. The highest BCUT2D eigenvalue weighted by Crippen LogP contribution is 2.49. The summed E-state index contributed by atoms with van der Waals surface area (Å²) in [5, 5.41) is 0.236. The minimum atomic E-state index is -1.70. The van der Waals surface area contributed by atoms with Gasteiger partial charge in [0.15, 0.2) is 8.32 Å². The highest BCUT2D eigenvalue weighted by Gasteiger charge is 2.36. The van der Waals surface area contributed by atoms with E-state index in [0.29, 0.717) is 6.61 Å². The van der Waals surface area contributed by atoms with E-state index in [2.05, 4.69) is 88.8 Å². The molecule has 0 saturated carbocycles. The van der Waals surface area contributed by atoms with Gasteiger partial charge in [0.05, 0.1) is 19.8 Å². The van der Waals surface area contributed by atoms with E-state index in [1.54, 1.807) is 0 Å². The van der Waals surface area contributed by atoms with Crippen molar-refractivity contribution in [2.45, 2.75) is 59.3 Å². The van der Waals surface area contributed by atoms with Crippen molar-refractivity contribution in [3.05, 3.63) is 48.0 Å². The molecule has 158 valence electrons. The molecular formula is C22H38NO3PSi. The van der Waals surface area contributed by atoms with Crippen molar-refractivity contribution in [3.8, 4) is 0 Å². The van der Waals surface area contributed by atoms with Crippen molar-refractivity contribution in [2.24, 2.45) is 5.41 Å². The maximum atomic E-state index is 6.24. The predicted molar refractivity (Wildman–Crippen MR) is 122 cm³/mol. The first-order valence-electron chi connectivity index (χ1n) is 10.1. The lowest BCUT2D eigenvalue weighted by Gasteiger charge is -2.38. The molecule has 0 spiro atoms. The number of hydrogen-bond donors (Lipinski definition) is 0.